The van der Waals surface area contributed by atoms with E-state index in [1.165, 1.54) is 5.56 Å². The third-order valence-corrected chi connectivity index (χ3v) is 5.13. The molecule has 5 heteroatoms. The maximum atomic E-state index is 6.38. The first-order chi connectivity index (χ1) is 9.84. The predicted octanol–water partition coefficient (Wildman–Crippen LogP) is 6.07. The number of halogens is 2. The summed E-state index contributed by atoms with van der Waals surface area (Å²) in [6, 6.07) is 8.23. The van der Waals surface area contributed by atoms with Gasteiger partial charge in [0.2, 0.25) is 0 Å². The Morgan fingerprint density at radius 2 is 1.90 bits per heavy atom. The lowest BCUT2D eigenvalue weighted by molar-refractivity contribution is 0.591. The molecule has 2 nitrogen and oxygen atoms in total. The van der Waals surface area contributed by atoms with Crippen molar-refractivity contribution in [1.29, 1.82) is 0 Å². The molecule has 0 N–H and O–H groups in total. The minimum atomic E-state index is 0.0778. The number of fused-ring (bicyclic) bond motifs is 1. The summed E-state index contributed by atoms with van der Waals surface area (Å²) in [6.07, 6.45) is 0. The van der Waals surface area contributed by atoms with E-state index in [4.69, 9.17) is 11.6 Å². The third kappa shape index (κ3) is 2.98. The first-order valence-electron chi connectivity index (χ1n) is 6.57. The number of benzene rings is 1. The molecule has 3 rings (SSSR count). The molecule has 1 aromatic carbocycles. The minimum Gasteiger partial charge on any atom is -0.228 e. The third-order valence-electron chi connectivity index (χ3n) is 3.34. The minimum absolute atomic E-state index is 0.0778. The van der Waals surface area contributed by atoms with Crippen LogP contribution in [0.3, 0.4) is 0 Å². The van der Waals surface area contributed by atoms with Crippen molar-refractivity contribution < 1.29 is 0 Å². The van der Waals surface area contributed by atoms with Crippen molar-refractivity contribution in [2.75, 3.05) is 0 Å². The van der Waals surface area contributed by atoms with E-state index in [0.29, 0.717) is 11.0 Å². The van der Waals surface area contributed by atoms with Crippen molar-refractivity contribution in [3.05, 3.63) is 44.1 Å². The summed E-state index contributed by atoms with van der Waals surface area (Å²) >= 11 is 11.5. The quantitative estimate of drug-likeness (QED) is 0.478. The zero-order valence-electron chi connectivity index (χ0n) is 11.9. The van der Waals surface area contributed by atoms with Crippen LogP contribution < -0.4 is 0 Å². The van der Waals surface area contributed by atoms with E-state index < -0.39 is 0 Å². The van der Waals surface area contributed by atoms with Crippen molar-refractivity contribution in [1.82, 2.24) is 9.97 Å². The normalized spacial score (nSPS) is 12.0. The number of aromatic nitrogens is 2. The summed E-state index contributed by atoms with van der Waals surface area (Å²) in [5.41, 5.74) is 3.16. The van der Waals surface area contributed by atoms with Crippen LogP contribution in [0.15, 0.2) is 33.4 Å². The van der Waals surface area contributed by atoms with Gasteiger partial charge < -0.3 is 0 Å². The van der Waals surface area contributed by atoms with Crippen LogP contribution in [0.25, 0.3) is 22.3 Å². The van der Waals surface area contributed by atoms with Crippen LogP contribution in [0.1, 0.15) is 26.3 Å². The largest absolute Gasteiger partial charge is 0.228 e. The molecule has 2 heterocycles. The SMILES string of the molecule is CC(C)(C)c1ccc2nc(-c3csc(Br)c3)nc(Cl)c2c1. The molecule has 0 spiro atoms. The van der Waals surface area contributed by atoms with Gasteiger partial charge in [-0.3, -0.25) is 0 Å². The second kappa shape index (κ2) is 5.34. The Kier molecular flexibility index (Phi) is 3.80. The van der Waals surface area contributed by atoms with Crippen molar-refractivity contribution in [2.24, 2.45) is 0 Å². The first-order valence-corrected chi connectivity index (χ1v) is 8.62. The summed E-state index contributed by atoms with van der Waals surface area (Å²) in [5, 5.41) is 3.43. The van der Waals surface area contributed by atoms with Crippen LogP contribution in [0, 0.1) is 0 Å². The van der Waals surface area contributed by atoms with Crippen LogP contribution in [0.2, 0.25) is 5.15 Å². The molecule has 2 aromatic heterocycles. The van der Waals surface area contributed by atoms with Crippen molar-refractivity contribution in [2.45, 2.75) is 26.2 Å². The summed E-state index contributed by atoms with van der Waals surface area (Å²) in [5.74, 6) is 0.665. The molecule has 0 aliphatic heterocycles. The Morgan fingerprint density at radius 1 is 1.14 bits per heavy atom. The van der Waals surface area contributed by atoms with Gasteiger partial charge in [-0.15, -0.1) is 11.3 Å². The highest BCUT2D eigenvalue weighted by Gasteiger charge is 2.16. The second-order valence-corrected chi connectivity index (χ2v) is 8.61. The molecule has 0 radical (unpaired) electrons. The maximum Gasteiger partial charge on any atom is 0.162 e. The highest BCUT2D eigenvalue weighted by Crippen LogP contribution is 2.32. The number of nitrogens with zero attached hydrogens (tertiary/aromatic N) is 2. The fourth-order valence-electron chi connectivity index (χ4n) is 2.11. The van der Waals surface area contributed by atoms with E-state index in [1.807, 2.05) is 17.5 Å². The van der Waals surface area contributed by atoms with Crippen LogP contribution in [-0.2, 0) is 5.41 Å². The molecule has 0 aliphatic rings. The zero-order chi connectivity index (χ0) is 15.2. The summed E-state index contributed by atoms with van der Waals surface area (Å²) in [6.45, 7) is 6.54. The molecule has 0 saturated heterocycles. The van der Waals surface area contributed by atoms with Crippen LogP contribution in [0.4, 0.5) is 0 Å². The Balaban J connectivity index is 2.17. The van der Waals surface area contributed by atoms with Gasteiger partial charge in [0, 0.05) is 16.3 Å². The fraction of sp³-hybridized carbons (Fsp3) is 0.250. The van der Waals surface area contributed by atoms with Crippen molar-refractivity contribution >= 4 is 49.8 Å². The Morgan fingerprint density at radius 3 is 2.52 bits per heavy atom. The van der Waals surface area contributed by atoms with E-state index in [1.54, 1.807) is 11.3 Å². The smallest absolute Gasteiger partial charge is 0.162 e. The van der Waals surface area contributed by atoms with Gasteiger partial charge in [-0.05, 0) is 45.1 Å². The highest BCUT2D eigenvalue weighted by molar-refractivity contribution is 9.11. The average molecular weight is 382 g/mol. The fourth-order valence-corrected chi connectivity index (χ4v) is 3.48. The van der Waals surface area contributed by atoms with Crippen LogP contribution in [0.5, 0.6) is 0 Å². The van der Waals surface area contributed by atoms with Gasteiger partial charge in [-0.1, -0.05) is 38.4 Å². The van der Waals surface area contributed by atoms with Crippen molar-refractivity contribution in [3.63, 3.8) is 0 Å². The lowest BCUT2D eigenvalue weighted by Gasteiger charge is -2.19. The van der Waals surface area contributed by atoms with E-state index in [9.17, 15) is 0 Å². The molecular weight excluding hydrogens is 368 g/mol. The van der Waals surface area contributed by atoms with Gasteiger partial charge in [0.1, 0.15) is 5.15 Å². The zero-order valence-corrected chi connectivity index (χ0v) is 15.1. The number of hydrogen-bond donors (Lipinski definition) is 0. The van der Waals surface area contributed by atoms with Crippen LogP contribution in [-0.4, -0.2) is 9.97 Å². The lowest BCUT2D eigenvalue weighted by atomic mass is 9.86. The summed E-state index contributed by atoms with van der Waals surface area (Å²) in [7, 11) is 0. The van der Waals surface area contributed by atoms with E-state index in [2.05, 4.69) is 58.8 Å². The molecule has 0 bridgehead atoms. The number of rotatable bonds is 1. The van der Waals surface area contributed by atoms with Gasteiger partial charge in [0.15, 0.2) is 5.82 Å². The lowest BCUT2D eigenvalue weighted by Crippen LogP contribution is -2.10. The highest BCUT2D eigenvalue weighted by atomic mass is 79.9. The van der Waals surface area contributed by atoms with Crippen LogP contribution >= 0.6 is 38.9 Å². The standard InChI is InChI=1S/C16H14BrClN2S/c1-16(2,3)10-4-5-12-11(7-10)14(18)20-15(19-12)9-6-13(17)21-8-9/h4-8H,1-3H3. The maximum absolute atomic E-state index is 6.38. The summed E-state index contributed by atoms with van der Waals surface area (Å²) < 4.78 is 1.06. The van der Waals surface area contributed by atoms with Crippen molar-refractivity contribution in [3.8, 4) is 11.4 Å². The summed E-state index contributed by atoms with van der Waals surface area (Å²) in [4.78, 5) is 9.08. The van der Waals surface area contributed by atoms with Gasteiger partial charge in [-0.2, -0.15) is 0 Å². The molecule has 0 atom stereocenters. The van der Waals surface area contributed by atoms with E-state index in [0.717, 1.165) is 20.3 Å². The Hall–Kier alpha value is -0.970. The van der Waals surface area contributed by atoms with Gasteiger partial charge in [-0.25, -0.2) is 9.97 Å². The Bertz CT molecular complexity index is 821. The molecule has 0 fully saturated rings. The second-order valence-electron chi connectivity index (χ2n) is 5.96. The first kappa shape index (κ1) is 14.9. The molecule has 21 heavy (non-hydrogen) atoms. The predicted molar refractivity (Wildman–Crippen MR) is 94.3 cm³/mol. The molecule has 0 unspecified atom stereocenters. The molecule has 108 valence electrons. The molecular formula is C16H14BrClN2S. The number of thiophene rings is 1. The van der Waals surface area contributed by atoms with E-state index >= 15 is 0 Å². The van der Waals surface area contributed by atoms with Gasteiger partial charge in [0.05, 0.1) is 9.30 Å². The number of hydrogen-bond acceptors (Lipinski definition) is 3. The molecule has 0 amide bonds. The molecule has 3 aromatic rings. The average Bonchev–Trinajstić information content (AvgIpc) is 2.84. The molecule has 0 aliphatic carbocycles. The van der Waals surface area contributed by atoms with Gasteiger partial charge in [0.25, 0.3) is 0 Å². The molecule has 0 saturated carbocycles. The Labute approximate surface area is 141 Å². The van der Waals surface area contributed by atoms with E-state index in [-0.39, 0.29) is 5.41 Å². The monoisotopic (exact) mass is 380 g/mol. The van der Waals surface area contributed by atoms with Gasteiger partial charge >= 0.3 is 0 Å². The topological polar surface area (TPSA) is 25.8 Å².